The topological polar surface area (TPSA) is 36.1 Å². The van der Waals surface area contributed by atoms with Crippen LogP contribution in [0.5, 0.6) is 0 Å². The second-order valence-electron chi connectivity index (χ2n) is 4.46. The van der Waals surface area contributed by atoms with Crippen LogP contribution in [0.2, 0.25) is 0 Å². The lowest BCUT2D eigenvalue weighted by molar-refractivity contribution is -0.677. The first-order valence-corrected chi connectivity index (χ1v) is 8.75. The number of aliphatic hydroxyl groups excluding tert-OH is 1. The molecule has 21 heavy (non-hydrogen) atoms. The zero-order valence-electron chi connectivity index (χ0n) is 11.6. The van der Waals surface area contributed by atoms with Crippen molar-refractivity contribution in [2.75, 3.05) is 18.5 Å². The van der Waals surface area contributed by atoms with Gasteiger partial charge in [-0.1, -0.05) is 12.1 Å². The van der Waals surface area contributed by atoms with E-state index in [0.29, 0.717) is 6.54 Å². The first-order chi connectivity index (χ1) is 10.3. The minimum absolute atomic E-state index is 0.138. The Morgan fingerprint density at radius 2 is 1.95 bits per heavy atom. The van der Waals surface area contributed by atoms with Crippen molar-refractivity contribution in [1.29, 1.82) is 0 Å². The molecule has 2 aromatic rings. The molecule has 0 radical (unpaired) electrons. The van der Waals surface area contributed by atoms with Crippen molar-refractivity contribution < 1.29 is 9.67 Å². The lowest BCUT2D eigenvalue weighted by atomic mass is 10.1. The largest absolute Gasteiger partial charge is 0.395 e. The van der Waals surface area contributed by atoms with Crippen molar-refractivity contribution in [3.05, 3.63) is 59.9 Å². The number of rotatable bonds is 7. The normalized spacial score (nSPS) is 11.0. The highest BCUT2D eigenvalue weighted by atomic mass is 33.1. The second-order valence-corrected chi connectivity index (χ2v) is 5.75. The summed E-state index contributed by atoms with van der Waals surface area (Å²) in [5, 5.41) is 11.9. The number of hydrogen-bond donors (Lipinski definition) is 3. The highest BCUT2D eigenvalue weighted by Crippen LogP contribution is 2.12. The zero-order chi connectivity index (χ0) is 14.9. The van der Waals surface area contributed by atoms with Crippen molar-refractivity contribution >= 4 is 40.3 Å². The van der Waals surface area contributed by atoms with Crippen molar-refractivity contribution in [1.82, 2.24) is 0 Å². The van der Waals surface area contributed by atoms with Crippen LogP contribution in [0.1, 0.15) is 11.3 Å². The van der Waals surface area contributed by atoms with Crippen LogP contribution in [0.3, 0.4) is 0 Å². The van der Waals surface area contributed by atoms with E-state index < -0.39 is 0 Å². The van der Waals surface area contributed by atoms with E-state index in [9.17, 15) is 0 Å². The van der Waals surface area contributed by atoms with E-state index >= 15 is 0 Å². The van der Waals surface area contributed by atoms with E-state index in [1.165, 1.54) is 10.8 Å². The molecule has 1 heterocycles. The maximum absolute atomic E-state index is 8.78. The Kier molecular flexibility index (Phi) is 6.66. The van der Waals surface area contributed by atoms with E-state index in [1.54, 1.807) is 0 Å². The number of aromatic nitrogens is 1. The SMILES string of the molecule is OCCNc1ccc(/C=C/c2cccc[n+]2CSS)cc1. The van der Waals surface area contributed by atoms with Gasteiger partial charge in [0, 0.05) is 30.4 Å². The molecule has 1 aromatic heterocycles. The third kappa shape index (κ3) is 5.12. The lowest BCUT2D eigenvalue weighted by Crippen LogP contribution is -2.34. The van der Waals surface area contributed by atoms with Gasteiger partial charge in [-0.15, -0.1) is 11.7 Å². The third-order valence-electron chi connectivity index (χ3n) is 2.97. The van der Waals surface area contributed by atoms with Gasteiger partial charge in [0.15, 0.2) is 6.20 Å². The van der Waals surface area contributed by atoms with Gasteiger partial charge in [0.1, 0.15) is 0 Å². The van der Waals surface area contributed by atoms with Gasteiger partial charge in [-0.3, -0.25) is 0 Å². The summed E-state index contributed by atoms with van der Waals surface area (Å²) >= 11 is 4.20. The van der Waals surface area contributed by atoms with Gasteiger partial charge in [-0.25, -0.2) is 0 Å². The van der Waals surface area contributed by atoms with Crippen molar-refractivity contribution in [3.8, 4) is 0 Å². The van der Waals surface area contributed by atoms with Crippen LogP contribution in [0.4, 0.5) is 5.69 Å². The molecule has 0 saturated carbocycles. The van der Waals surface area contributed by atoms with Crippen LogP contribution in [0.25, 0.3) is 12.2 Å². The molecule has 0 amide bonds. The molecule has 3 nitrogen and oxygen atoms in total. The summed E-state index contributed by atoms with van der Waals surface area (Å²) in [5.74, 6) is 0.813. The summed E-state index contributed by atoms with van der Waals surface area (Å²) in [5.41, 5.74) is 3.29. The number of benzene rings is 1. The fourth-order valence-corrected chi connectivity index (χ4v) is 2.65. The molecule has 0 aliphatic carbocycles. The van der Waals surface area contributed by atoms with E-state index in [-0.39, 0.29) is 6.61 Å². The molecule has 0 bridgehead atoms. The van der Waals surface area contributed by atoms with Crippen molar-refractivity contribution in [2.45, 2.75) is 5.88 Å². The van der Waals surface area contributed by atoms with E-state index in [4.69, 9.17) is 5.11 Å². The Balaban J connectivity index is 2.07. The first kappa shape index (κ1) is 15.9. The highest BCUT2D eigenvalue weighted by molar-refractivity contribution is 8.68. The molecule has 0 unspecified atom stereocenters. The van der Waals surface area contributed by atoms with Crippen LogP contribution in [0, 0.1) is 0 Å². The molecule has 0 spiro atoms. The zero-order valence-corrected chi connectivity index (χ0v) is 13.4. The van der Waals surface area contributed by atoms with Crippen LogP contribution in [0.15, 0.2) is 48.7 Å². The van der Waals surface area contributed by atoms with Gasteiger partial charge in [-0.2, -0.15) is 4.57 Å². The number of hydrogen-bond acceptors (Lipinski definition) is 4. The quantitative estimate of drug-likeness (QED) is 0.417. The van der Waals surface area contributed by atoms with Crippen LogP contribution in [-0.4, -0.2) is 18.3 Å². The summed E-state index contributed by atoms with van der Waals surface area (Å²) in [4.78, 5) is 0. The van der Waals surface area contributed by atoms with E-state index in [2.05, 4.69) is 51.9 Å². The molecule has 2 rings (SSSR count). The Morgan fingerprint density at radius 3 is 2.67 bits per heavy atom. The maximum atomic E-state index is 8.78. The van der Waals surface area contributed by atoms with Gasteiger partial charge >= 0.3 is 0 Å². The number of aliphatic hydroxyl groups is 1. The lowest BCUT2D eigenvalue weighted by Gasteiger charge is -2.04. The summed E-state index contributed by atoms with van der Waals surface area (Å²) in [6.45, 7) is 0.708. The maximum Gasteiger partial charge on any atom is 0.205 e. The summed E-state index contributed by atoms with van der Waals surface area (Å²) in [6, 6.07) is 14.3. The predicted octanol–water partition coefficient (Wildman–Crippen LogP) is 3.08. The molecule has 0 aliphatic rings. The first-order valence-electron chi connectivity index (χ1n) is 6.71. The fourth-order valence-electron chi connectivity index (χ4n) is 1.91. The molecule has 0 aliphatic heterocycles. The summed E-state index contributed by atoms with van der Waals surface area (Å²) in [6.07, 6.45) is 6.23. The van der Waals surface area contributed by atoms with Crippen molar-refractivity contribution in [3.63, 3.8) is 0 Å². The van der Waals surface area contributed by atoms with Gasteiger partial charge < -0.3 is 10.4 Å². The van der Waals surface area contributed by atoms with E-state index in [0.717, 1.165) is 22.8 Å². The monoisotopic (exact) mass is 319 g/mol. The van der Waals surface area contributed by atoms with Crippen LogP contribution < -0.4 is 9.88 Å². The van der Waals surface area contributed by atoms with E-state index in [1.807, 2.05) is 30.5 Å². The molecular weight excluding hydrogens is 300 g/mol. The molecule has 5 heteroatoms. The second kappa shape index (κ2) is 8.77. The predicted molar refractivity (Wildman–Crippen MR) is 94.2 cm³/mol. The Bertz CT molecular complexity index is 585. The van der Waals surface area contributed by atoms with Crippen molar-refractivity contribution in [2.24, 2.45) is 0 Å². The molecule has 110 valence electrons. The molecule has 0 atom stereocenters. The minimum atomic E-state index is 0.138. The van der Waals surface area contributed by atoms with Gasteiger partial charge in [0.05, 0.1) is 6.61 Å². The number of anilines is 1. The van der Waals surface area contributed by atoms with Crippen LogP contribution >= 0.6 is 22.5 Å². The molecular formula is C16H19N2OS2+. The Hall–Kier alpha value is -1.43. The Labute approximate surface area is 134 Å². The van der Waals surface area contributed by atoms with Gasteiger partial charge in [-0.05, 0) is 40.6 Å². The average molecular weight is 319 g/mol. The number of nitrogens with one attached hydrogen (secondary N) is 1. The fraction of sp³-hybridized carbons (Fsp3) is 0.188. The average Bonchev–Trinajstić information content (AvgIpc) is 2.53. The molecule has 1 aromatic carbocycles. The standard InChI is InChI=1S/C16H18N2OS2/c19-12-10-17-15-7-4-14(5-8-15)6-9-16-3-1-2-11-18(16)13-21-20/h1-9,11,19-20H,10,12-13H2/p+1. The van der Waals surface area contributed by atoms with Crippen LogP contribution in [-0.2, 0) is 5.88 Å². The van der Waals surface area contributed by atoms with Gasteiger partial charge in [0.2, 0.25) is 11.6 Å². The van der Waals surface area contributed by atoms with Gasteiger partial charge in [0.25, 0.3) is 0 Å². The highest BCUT2D eigenvalue weighted by Gasteiger charge is 2.04. The molecule has 0 saturated heterocycles. The Morgan fingerprint density at radius 1 is 1.14 bits per heavy atom. The number of thiol groups is 1. The minimum Gasteiger partial charge on any atom is -0.395 e. The number of nitrogens with zero attached hydrogens (tertiary/aromatic N) is 1. The number of pyridine rings is 1. The molecule has 0 fully saturated rings. The smallest absolute Gasteiger partial charge is 0.205 e. The molecule has 2 N–H and O–H groups in total. The third-order valence-corrected chi connectivity index (χ3v) is 3.71. The summed E-state index contributed by atoms with van der Waals surface area (Å²) in [7, 11) is 1.49. The summed E-state index contributed by atoms with van der Waals surface area (Å²) < 4.78 is 2.14.